The summed E-state index contributed by atoms with van der Waals surface area (Å²) in [6.45, 7) is 5.72. The van der Waals surface area contributed by atoms with Crippen LogP contribution >= 0.6 is 0 Å². The summed E-state index contributed by atoms with van der Waals surface area (Å²) in [5, 5.41) is 0. The quantitative estimate of drug-likeness (QED) is 0.444. The molecule has 0 amide bonds. The molecule has 0 atom stereocenters. The molecule has 0 heterocycles. The smallest absolute Gasteiger partial charge is 0.379 e. The van der Waals surface area contributed by atoms with E-state index in [9.17, 15) is 9.59 Å². The average Bonchev–Trinajstić information content (AvgIpc) is 2.29. The minimum atomic E-state index is -0.779. The Balaban J connectivity index is 3.02. The van der Waals surface area contributed by atoms with Crippen LogP contribution < -0.4 is 0 Å². The van der Waals surface area contributed by atoms with Crippen LogP contribution in [0.1, 0.15) is 35.3 Å². The fraction of sp³-hybridized carbons (Fsp3) is 0.385. The van der Waals surface area contributed by atoms with Crippen molar-refractivity contribution in [3.63, 3.8) is 0 Å². The van der Waals surface area contributed by atoms with Crippen molar-refractivity contribution in [2.75, 3.05) is 6.61 Å². The monoisotopic (exact) mass is 220 g/mol. The van der Waals surface area contributed by atoms with E-state index in [1.165, 1.54) is 0 Å². The Morgan fingerprint density at radius 3 is 2.50 bits per heavy atom. The Morgan fingerprint density at radius 2 is 1.94 bits per heavy atom. The number of ketones is 1. The zero-order valence-electron chi connectivity index (χ0n) is 9.87. The molecule has 0 aliphatic rings. The fourth-order valence-electron chi connectivity index (χ4n) is 1.44. The number of rotatable bonds is 4. The third kappa shape index (κ3) is 2.69. The van der Waals surface area contributed by atoms with Crippen LogP contribution in [0.5, 0.6) is 0 Å². The van der Waals surface area contributed by atoms with Crippen molar-refractivity contribution < 1.29 is 14.3 Å². The second-order valence-corrected chi connectivity index (χ2v) is 3.55. The van der Waals surface area contributed by atoms with Gasteiger partial charge in [-0.2, -0.15) is 0 Å². The third-order valence-electron chi connectivity index (χ3n) is 2.42. The van der Waals surface area contributed by atoms with Gasteiger partial charge in [-0.3, -0.25) is 4.79 Å². The number of ether oxygens (including phenoxy) is 1. The molecule has 0 fully saturated rings. The lowest BCUT2D eigenvalue weighted by atomic mass is 10.0. The largest absolute Gasteiger partial charge is 0.460 e. The summed E-state index contributed by atoms with van der Waals surface area (Å²) in [7, 11) is 0. The molecule has 0 bridgehead atoms. The number of carbonyl (C=O) groups is 2. The summed E-state index contributed by atoms with van der Waals surface area (Å²) < 4.78 is 4.70. The lowest BCUT2D eigenvalue weighted by molar-refractivity contribution is -0.137. The van der Waals surface area contributed by atoms with E-state index >= 15 is 0 Å². The summed E-state index contributed by atoms with van der Waals surface area (Å²) in [4.78, 5) is 23.1. The van der Waals surface area contributed by atoms with E-state index in [4.69, 9.17) is 4.74 Å². The molecule has 0 saturated heterocycles. The van der Waals surface area contributed by atoms with E-state index in [2.05, 4.69) is 0 Å². The molecular weight excluding hydrogens is 204 g/mol. The molecule has 0 aliphatic carbocycles. The predicted molar refractivity (Wildman–Crippen MR) is 61.5 cm³/mol. The van der Waals surface area contributed by atoms with Crippen LogP contribution in [0, 0.1) is 6.92 Å². The Labute approximate surface area is 95.4 Å². The van der Waals surface area contributed by atoms with Crippen molar-refractivity contribution in [2.24, 2.45) is 0 Å². The Morgan fingerprint density at radius 1 is 1.25 bits per heavy atom. The summed E-state index contributed by atoms with van der Waals surface area (Å²) in [6, 6.07) is 5.57. The standard InChI is InChI=1S/C13H16O3/c1-4-10-7-6-9(3)11(8-10)12(14)13(15)16-5-2/h6-8H,4-5H2,1-3H3. The average molecular weight is 220 g/mol. The number of benzene rings is 1. The maximum absolute atomic E-state index is 11.7. The Kier molecular flexibility index (Phi) is 4.23. The van der Waals surface area contributed by atoms with Gasteiger partial charge >= 0.3 is 5.97 Å². The second-order valence-electron chi connectivity index (χ2n) is 3.55. The van der Waals surface area contributed by atoms with Crippen molar-refractivity contribution in [3.05, 3.63) is 34.9 Å². The van der Waals surface area contributed by atoms with Gasteiger partial charge in [0.25, 0.3) is 5.78 Å². The van der Waals surface area contributed by atoms with Gasteiger partial charge in [-0.1, -0.05) is 19.1 Å². The van der Waals surface area contributed by atoms with E-state index < -0.39 is 11.8 Å². The van der Waals surface area contributed by atoms with Crippen molar-refractivity contribution in [1.82, 2.24) is 0 Å². The first kappa shape index (κ1) is 12.4. The van der Waals surface area contributed by atoms with E-state index in [1.807, 2.05) is 26.0 Å². The highest BCUT2D eigenvalue weighted by Gasteiger charge is 2.19. The molecule has 1 aromatic carbocycles. The Bertz CT molecular complexity index is 408. The van der Waals surface area contributed by atoms with Gasteiger partial charge in [0.15, 0.2) is 0 Å². The molecule has 86 valence electrons. The highest BCUT2D eigenvalue weighted by molar-refractivity contribution is 6.41. The van der Waals surface area contributed by atoms with Crippen molar-refractivity contribution in [3.8, 4) is 0 Å². The van der Waals surface area contributed by atoms with Gasteiger partial charge in [0.2, 0.25) is 0 Å². The number of aryl methyl sites for hydroxylation is 2. The normalized spacial score (nSPS) is 9.94. The topological polar surface area (TPSA) is 43.4 Å². The second kappa shape index (κ2) is 5.45. The van der Waals surface area contributed by atoms with Gasteiger partial charge in [-0.25, -0.2) is 4.79 Å². The number of hydrogen-bond acceptors (Lipinski definition) is 3. The first-order valence-corrected chi connectivity index (χ1v) is 5.41. The molecule has 0 N–H and O–H groups in total. The van der Waals surface area contributed by atoms with E-state index in [1.54, 1.807) is 13.0 Å². The number of esters is 1. The predicted octanol–water partition coefficient (Wildman–Crippen LogP) is 2.30. The van der Waals surface area contributed by atoms with Crippen LogP contribution in [0.4, 0.5) is 0 Å². The summed E-state index contributed by atoms with van der Waals surface area (Å²) in [5.41, 5.74) is 2.28. The molecule has 1 aromatic rings. The lowest BCUT2D eigenvalue weighted by Gasteiger charge is -2.06. The minimum Gasteiger partial charge on any atom is -0.460 e. The third-order valence-corrected chi connectivity index (χ3v) is 2.42. The van der Waals surface area contributed by atoms with Gasteiger partial charge in [0.05, 0.1) is 6.61 Å². The summed E-state index contributed by atoms with van der Waals surface area (Å²) in [5.74, 6) is -1.34. The van der Waals surface area contributed by atoms with Crippen LogP contribution in [0.25, 0.3) is 0 Å². The summed E-state index contributed by atoms with van der Waals surface area (Å²) >= 11 is 0. The molecule has 16 heavy (non-hydrogen) atoms. The highest BCUT2D eigenvalue weighted by atomic mass is 16.5. The first-order chi connectivity index (χ1) is 7.60. The maximum Gasteiger partial charge on any atom is 0.379 e. The van der Waals surface area contributed by atoms with Crippen molar-refractivity contribution in [2.45, 2.75) is 27.2 Å². The fourth-order valence-corrected chi connectivity index (χ4v) is 1.44. The zero-order chi connectivity index (χ0) is 12.1. The van der Waals surface area contributed by atoms with Crippen LogP contribution in [0.3, 0.4) is 0 Å². The van der Waals surface area contributed by atoms with Crippen LogP contribution in [0.2, 0.25) is 0 Å². The maximum atomic E-state index is 11.7. The van der Waals surface area contributed by atoms with Crippen LogP contribution in [-0.2, 0) is 16.0 Å². The number of hydrogen-bond donors (Lipinski definition) is 0. The molecule has 1 rings (SSSR count). The molecule has 0 unspecified atom stereocenters. The van der Waals surface area contributed by atoms with Crippen molar-refractivity contribution >= 4 is 11.8 Å². The molecule has 0 aliphatic heterocycles. The zero-order valence-corrected chi connectivity index (χ0v) is 9.87. The van der Waals surface area contributed by atoms with Crippen LogP contribution in [-0.4, -0.2) is 18.4 Å². The minimum absolute atomic E-state index is 0.219. The molecule has 0 radical (unpaired) electrons. The van der Waals surface area contributed by atoms with E-state index in [0.717, 1.165) is 17.5 Å². The Hall–Kier alpha value is -1.64. The van der Waals surface area contributed by atoms with Crippen molar-refractivity contribution in [1.29, 1.82) is 0 Å². The SMILES string of the molecule is CCOC(=O)C(=O)c1cc(CC)ccc1C. The highest BCUT2D eigenvalue weighted by Crippen LogP contribution is 2.13. The van der Waals surface area contributed by atoms with Gasteiger partial charge in [0, 0.05) is 5.56 Å². The van der Waals surface area contributed by atoms with Gasteiger partial charge in [0.1, 0.15) is 0 Å². The molecule has 0 aromatic heterocycles. The number of carbonyl (C=O) groups excluding carboxylic acids is 2. The summed E-state index contributed by atoms with van der Waals surface area (Å²) in [6.07, 6.45) is 0.837. The molecule has 0 saturated carbocycles. The lowest BCUT2D eigenvalue weighted by Crippen LogP contribution is -2.18. The van der Waals surface area contributed by atoms with E-state index in [-0.39, 0.29) is 6.61 Å². The van der Waals surface area contributed by atoms with Gasteiger partial charge < -0.3 is 4.74 Å². The number of Topliss-reactive ketones (excluding diaryl/α,β-unsaturated/α-hetero) is 1. The van der Waals surface area contributed by atoms with Gasteiger partial charge in [-0.05, 0) is 37.5 Å². The molecular formula is C13H16O3. The van der Waals surface area contributed by atoms with Crippen LogP contribution in [0.15, 0.2) is 18.2 Å². The molecule has 0 spiro atoms. The first-order valence-electron chi connectivity index (χ1n) is 5.41. The molecule has 3 nitrogen and oxygen atoms in total. The molecule has 3 heteroatoms. The van der Waals surface area contributed by atoms with Gasteiger partial charge in [-0.15, -0.1) is 0 Å². The van der Waals surface area contributed by atoms with E-state index in [0.29, 0.717) is 5.56 Å².